The van der Waals surface area contributed by atoms with E-state index in [1.807, 2.05) is 26.0 Å². The van der Waals surface area contributed by atoms with E-state index >= 15 is 0 Å². The lowest BCUT2D eigenvalue weighted by molar-refractivity contribution is -0.138. The minimum absolute atomic E-state index is 0.0748. The number of hydrogen-bond donors (Lipinski definition) is 1. The molecule has 1 aromatic rings. The first-order valence-electron chi connectivity index (χ1n) is 7.08. The van der Waals surface area contributed by atoms with Crippen molar-refractivity contribution in [2.45, 2.75) is 26.8 Å². The second kappa shape index (κ2) is 6.48. The van der Waals surface area contributed by atoms with Gasteiger partial charge >= 0.3 is 5.97 Å². The van der Waals surface area contributed by atoms with Crippen LogP contribution in [0.4, 0.5) is 0 Å². The average Bonchev–Trinajstić information content (AvgIpc) is 2.48. The van der Waals surface area contributed by atoms with Gasteiger partial charge in [0, 0.05) is 11.6 Å². The van der Waals surface area contributed by atoms with Crippen LogP contribution in [0.3, 0.4) is 0 Å². The summed E-state index contributed by atoms with van der Waals surface area (Å²) >= 11 is 0. The van der Waals surface area contributed by atoms with E-state index in [0.717, 1.165) is 5.56 Å². The Balaban J connectivity index is 2.46. The zero-order valence-corrected chi connectivity index (χ0v) is 12.6. The summed E-state index contributed by atoms with van der Waals surface area (Å²) in [5, 5.41) is 10.5. The van der Waals surface area contributed by atoms with Gasteiger partial charge in [0.15, 0.2) is 5.88 Å². The number of carbonyl (C=O) groups is 1. The molecule has 0 unspecified atom stereocenters. The monoisotopic (exact) mass is 286 g/mol. The molecule has 0 saturated carbocycles. The van der Waals surface area contributed by atoms with Crippen LogP contribution in [0.5, 0.6) is 0 Å². The fraction of sp³-hybridized carbons (Fsp3) is 0.353. The van der Waals surface area contributed by atoms with Crippen molar-refractivity contribution < 1.29 is 14.6 Å². The van der Waals surface area contributed by atoms with Crippen LogP contribution in [0.15, 0.2) is 41.8 Å². The van der Waals surface area contributed by atoms with Gasteiger partial charge < -0.3 is 14.7 Å². The third-order valence-corrected chi connectivity index (χ3v) is 3.35. The first kappa shape index (κ1) is 15.2. The van der Waals surface area contributed by atoms with Gasteiger partial charge in [-0.3, -0.25) is 0 Å². The summed E-state index contributed by atoms with van der Waals surface area (Å²) < 4.78 is 5.08. The molecule has 1 aliphatic rings. The topological polar surface area (TPSA) is 49.8 Å². The molecule has 0 aromatic heterocycles. The highest BCUT2D eigenvalue weighted by Crippen LogP contribution is 2.29. The van der Waals surface area contributed by atoms with Crippen LogP contribution >= 0.6 is 0 Å². The van der Waals surface area contributed by atoms with Gasteiger partial charge in [-0.05, 0) is 44.5 Å². The highest BCUT2D eigenvalue weighted by Gasteiger charge is 2.27. The Morgan fingerprint density at radius 2 is 2.29 bits per heavy atom. The van der Waals surface area contributed by atoms with Crippen molar-refractivity contribution in [1.82, 2.24) is 4.90 Å². The lowest BCUT2D eigenvalue weighted by atomic mass is 9.99. The zero-order valence-electron chi connectivity index (χ0n) is 12.6. The van der Waals surface area contributed by atoms with E-state index in [9.17, 15) is 9.90 Å². The number of nitrogens with zero attached hydrogens (tertiary/aromatic N) is 1. The van der Waals surface area contributed by atoms with Crippen molar-refractivity contribution in [3.8, 4) is 0 Å². The molecular formula is C17H20NO3. The maximum absolute atomic E-state index is 12.0. The van der Waals surface area contributed by atoms with Gasteiger partial charge in [0.1, 0.15) is 0 Å². The fourth-order valence-corrected chi connectivity index (χ4v) is 2.25. The SMILES string of the molecule is CCOC(=O)C1=CC(c2c[c]ccc2)=C(O)N(C(C)C)C1. The molecule has 1 N–H and O–H groups in total. The second-order valence-corrected chi connectivity index (χ2v) is 5.14. The summed E-state index contributed by atoms with van der Waals surface area (Å²) in [5.74, 6) is -0.161. The first-order valence-corrected chi connectivity index (χ1v) is 7.08. The number of aliphatic hydroxyl groups is 1. The van der Waals surface area contributed by atoms with E-state index in [4.69, 9.17) is 4.74 Å². The number of rotatable bonds is 4. The second-order valence-electron chi connectivity index (χ2n) is 5.14. The standard InChI is InChI=1S/C17H20NO3/c1-4-21-17(20)14-10-15(13-8-6-5-7-9-13)16(19)18(11-14)12(2)3/h5-6,8-10,12,19H,4,11H2,1-3H3. The Labute approximate surface area is 125 Å². The Morgan fingerprint density at radius 1 is 1.52 bits per heavy atom. The highest BCUT2D eigenvalue weighted by molar-refractivity contribution is 5.94. The Bertz CT molecular complexity index is 573. The number of esters is 1. The largest absolute Gasteiger partial charge is 0.494 e. The molecule has 2 rings (SSSR count). The van der Waals surface area contributed by atoms with E-state index < -0.39 is 0 Å². The maximum atomic E-state index is 12.0. The molecule has 4 heteroatoms. The molecule has 1 radical (unpaired) electrons. The van der Waals surface area contributed by atoms with E-state index in [1.54, 1.807) is 30.0 Å². The molecule has 0 atom stereocenters. The van der Waals surface area contributed by atoms with Crippen molar-refractivity contribution in [2.24, 2.45) is 0 Å². The molecular weight excluding hydrogens is 266 g/mol. The molecule has 0 amide bonds. The van der Waals surface area contributed by atoms with Gasteiger partial charge in [-0.15, -0.1) is 0 Å². The third-order valence-electron chi connectivity index (χ3n) is 3.35. The first-order chi connectivity index (χ1) is 10.0. The lowest BCUT2D eigenvalue weighted by Crippen LogP contribution is -2.36. The summed E-state index contributed by atoms with van der Waals surface area (Å²) in [6, 6.07) is 10.4. The normalized spacial score (nSPS) is 15.2. The van der Waals surface area contributed by atoms with Crippen LogP contribution < -0.4 is 0 Å². The van der Waals surface area contributed by atoms with Crippen molar-refractivity contribution in [1.29, 1.82) is 0 Å². The van der Waals surface area contributed by atoms with Crippen LogP contribution in [0.2, 0.25) is 0 Å². The molecule has 0 saturated heterocycles. The molecule has 4 nitrogen and oxygen atoms in total. The van der Waals surface area contributed by atoms with Crippen LogP contribution in [0.25, 0.3) is 5.57 Å². The number of carbonyl (C=O) groups excluding carboxylic acids is 1. The van der Waals surface area contributed by atoms with Crippen molar-refractivity contribution in [2.75, 3.05) is 13.2 Å². The van der Waals surface area contributed by atoms with Gasteiger partial charge in [0.05, 0.1) is 18.7 Å². The Morgan fingerprint density at radius 3 is 2.86 bits per heavy atom. The summed E-state index contributed by atoms with van der Waals surface area (Å²) in [6.45, 7) is 6.41. The molecule has 0 fully saturated rings. The maximum Gasteiger partial charge on any atom is 0.335 e. The summed E-state index contributed by atoms with van der Waals surface area (Å²) in [5.41, 5.74) is 1.99. The summed E-state index contributed by atoms with van der Waals surface area (Å²) in [4.78, 5) is 13.8. The molecule has 0 spiro atoms. The summed E-state index contributed by atoms with van der Waals surface area (Å²) in [7, 11) is 0. The Hall–Kier alpha value is -2.23. The molecule has 1 heterocycles. The average molecular weight is 286 g/mol. The fourth-order valence-electron chi connectivity index (χ4n) is 2.25. The van der Waals surface area contributed by atoms with Gasteiger partial charge in [-0.25, -0.2) is 4.79 Å². The number of benzene rings is 1. The zero-order chi connectivity index (χ0) is 15.4. The number of allylic oxidation sites excluding steroid dienone is 2. The van der Waals surface area contributed by atoms with E-state index in [2.05, 4.69) is 6.07 Å². The van der Waals surface area contributed by atoms with Gasteiger partial charge in [-0.1, -0.05) is 18.2 Å². The molecule has 1 aromatic carbocycles. The summed E-state index contributed by atoms with van der Waals surface area (Å²) in [6.07, 6.45) is 1.70. The minimum atomic E-state index is -0.340. The van der Waals surface area contributed by atoms with E-state index in [-0.39, 0.29) is 17.9 Å². The third kappa shape index (κ3) is 3.27. The predicted octanol–water partition coefficient (Wildman–Crippen LogP) is 2.93. The van der Waals surface area contributed by atoms with Gasteiger partial charge in [0.2, 0.25) is 0 Å². The predicted molar refractivity (Wildman–Crippen MR) is 81.4 cm³/mol. The quantitative estimate of drug-likeness (QED) is 0.865. The van der Waals surface area contributed by atoms with E-state index in [1.165, 1.54) is 0 Å². The van der Waals surface area contributed by atoms with Crippen molar-refractivity contribution >= 4 is 11.5 Å². The number of ether oxygens (including phenoxy) is 1. The van der Waals surface area contributed by atoms with Crippen molar-refractivity contribution in [3.05, 3.63) is 53.4 Å². The molecule has 21 heavy (non-hydrogen) atoms. The lowest BCUT2D eigenvalue weighted by Gasteiger charge is -2.32. The van der Waals surface area contributed by atoms with Crippen LogP contribution in [-0.4, -0.2) is 35.2 Å². The van der Waals surface area contributed by atoms with Crippen LogP contribution in [-0.2, 0) is 9.53 Å². The van der Waals surface area contributed by atoms with Crippen LogP contribution in [0, 0.1) is 6.07 Å². The molecule has 0 bridgehead atoms. The number of aliphatic hydroxyl groups excluding tert-OH is 1. The molecule has 111 valence electrons. The van der Waals surface area contributed by atoms with Gasteiger partial charge in [0.25, 0.3) is 0 Å². The van der Waals surface area contributed by atoms with E-state index in [0.29, 0.717) is 24.3 Å². The minimum Gasteiger partial charge on any atom is -0.494 e. The Kier molecular flexibility index (Phi) is 4.68. The molecule has 0 aliphatic carbocycles. The smallest absolute Gasteiger partial charge is 0.335 e. The number of hydrogen-bond acceptors (Lipinski definition) is 4. The highest BCUT2D eigenvalue weighted by atomic mass is 16.5. The van der Waals surface area contributed by atoms with Crippen LogP contribution in [0.1, 0.15) is 26.3 Å². The van der Waals surface area contributed by atoms with Crippen molar-refractivity contribution in [3.63, 3.8) is 0 Å². The van der Waals surface area contributed by atoms with Gasteiger partial charge in [-0.2, -0.15) is 0 Å². The molecule has 1 aliphatic heterocycles.